The van der Waals surface area contributed by atoms with Gasteiger partial charge in [0, 0.05) is 25.0 Å². The van der Waals surface area contributed by atoms with Crippen LogP contribution >= 0.6 is 11.3 Å². The Morgan fingerprint density at radius 2 is 1.86 bits per heavy atom. The lowest BCUT2D eigenvalue weighted by atomic mass is 9.88. The van der Waals surface area contributed by atoms with Crippen molar-refractivity contribution in [1.82, 2.24) is 20.5 Å². The largest absolute Gasteiger partial charge is 0.353 e. The molecule has 2 N–H and O–H groups in total. The third-order valence-electron chi connectivity index (χ3n) is 6.34. The van der Waals surface area contributed by atoms with E-state index in [1.54, 1.807) is 16.2 Å². The lowest BCUT2D eigenvalue weighted by Gasteiger charge is -2.28. The molecule has 7 nitrogen and oxygen atoms in total. The average molecular weight is 501 g/mol. The van der Waals surface area contributed by atoms with E-state index in [9.17, 15) is 14.4 Å². The Bertz CT molecular complexity index is 979. The summed E-state index contributed by atoms with van der Waals surface area (Å²) in [4.78, 5) is 41.4. The zero-order valence-electron chi connectivity index (χ0n) is 22.1. The fourth-order valence-electron chi connectivity index (χ4n) is 3.45. The predicted octanol–water partition coefficient (Wildman–Crippen LogP) is 4.55. The van der Waals surface area contributed by atoms with Gasteiger partial charge in [0.15, 0.2) is 0 Å². The standard InChI is InChI=1S/C17H19N3O2S.C10H21NO/c1-12-16(23-10-19-12)14-6-4-13(5-7-14)9-18-17(22)15-3-2-8-20(15)11-21;1-7(2)9(12)11-8(3)10(4,5)6/h4-7,10-11,15H,2-3,8-9H2,1H3,(H,18,22);7-8H,1-6H3,(H,11,12). The first kappa shape index (κ1) is 28.5. The van der Waals surface area contributed by atoms with Crippen molar-refractivity contribution in [3.05, 3.63) is 41.0 Å². The number of aromatic nitrogens is 1. The minimum atomic E-state index is -0.313. The summed E-state index contributed by atoms with van der Waals surface area (Å²) in [5, 5.41) is 5.90. The van der Waals surface area contributed by atoms with Gasteiger partial charge < -0.3 is 15.5 Å². The van der Waals surface area contributed by atoms with Gasteiger partial charge in [0.2, 0.25) is 18.2 Å². The van der Waals surface area contributed by atoms with Crippen LogP contribution in [0.3, 0.4) is 0 Å². The molecule has 2 heterocycles. The highest BCUT2D eigenvalue weighted by molar-refractivity contribution is 7.13. The molecule has 3 amide bonds. The summed E-state index contributed by atoms with van der Waals surface area (Å²) in [6.07, 6.45) is 2.40. The van der Waals surface area contributed by atoms with Crippen LogP contribution in [-0.2, 0) is 20.9 Å². The zero-order valence-corrected chi connectivity index (χ0v) is 22.9. The summed E-state index contributed by atoms with van der Waals surface area (Å²) in [5.41, 5.74) is 5.21. The molecule has 3 rings (SSSR count). The van der Waals surface area contributed by atoms with Gasteiger partial charge >= 0.3 is 0 Å². The molecule has 1 saturated heterocycles. The number of amides is 3. The summed E-state index contributed by atoms with van der Waals surface area (Å²) < 4.78 is 0. The van der Waals surface area contributed by atoms with Crippen molar-refractivity contribution < 1.29 is 14.4 Å². The topological polar surface area (TPSA) is 91.4 Å². The van der Waals surface area contributed by atoms with Gasteiger partial charge in [-0.3, -0.25) is 14.4 Å². The van der Waals surface area contributed by atoms with Crippen molar-refractivity contribution in [2.75, 3.05) is 6.54 Å². The van der Waals surface area contributed by atoms with Crippen LogP contribution in [0, 0.1) is 18.3 Å². The van der Waals surface area contributed by atoms with Gasteiger partial charge in [0.1, 0.15) is 6.04 Å². The maximum Gasteiger partial charge on any atom is 0.243 e. The van der Waals surface area contributed by atoms with Crippen molar-refractivity contribution in [2.45, 2.75) is 79.9 Å². The van der Waals surface area contributed by atoms with Gasteiger partial charge in [0.05, 0.1) is 16.1 Å². The SMILES string of the molecule is CC(C)C(=O)NC(C)C(C)(C)C.Cc1ncsc1-c1ccc(CNC(=O)C2CCCN2C=O)cc1. The van der Waals surface area contributed by atoms with Crippen molar-refractivity contribution in [3.63, 3.8) is 0 Å². The van der Waals surface area contributed by atoms with E-state index in [0.29, 0.717) is 13.1 Å². The fraction of sp³-hybridized carbons (Fsp3) is 0.556. The number of benzene rings is 1. The van der Waals surface area contributed by atoms with Crippen LogP contribution in [-0.4, -0.2) is 46.7 Å². The first-order valence-corrected chi connectivity index (χ1v) is 13.1. The second kappa shape index (κ2) is 12.8. The Labute approximate surface area is 213 Å². The molecular formula is C27H40N4O3S. The second-order valence-corrected chi connectivity index (χ2v) is 11.3. The first-order valence-electron chi connectivity index (χ1n) is 12.2. The Kier molecular flexibility index (Phi) is 10.4. The molecule has 2 unspecified atom stereocenters. The second-order valence-electron chi connectivity index (χ2n) is 10.4. The maximum atomic E-state index is 12.2. The van der Waals surface area contributed by atoms with Crippen LogP contribution in [0.2, 0.25) is 0 Å². The first-order chi connectivity index (χ1) is 16.4. The van der Waals surface area contributed by atoms with Crippen molar-refractivity contribution >= 4 is 29.6 Å². The molecule has 2 aromatic rings. The molecule has 1 aliphatic rings. The fourth-order valence-corrected chi connectivity index (χ4v) is 4.26. The molecule has 192 valence electrons. The smallest absolute Gasteiger partial charge is 0.243 e. The molecule has 1 aliphatic heterocycles. The van der Waals surface area contributed by atoms with Gasteiger partial charge in [-0.15, -0.1) is 11.3 Å². The number of nitrogens with one attached hydrogen (secondary N) is 2. The molecule has 0 spiro atoms. The van der Waals surface area contributed by atoms with E-state index in [1.165, 1.54) is 4.88 Å². The van der Waals surface area contributed by atoms with Crippen LogP contribution in [0.5, 0.6) is 0 Å². The highest BCUT2D eigenvalue weighted by Gasteiger charge is 2.29. The summed E-state index contributed by atoms with van der Waals surface area (Å²) in [6, 6.07) is 8.05. The number of hydrogen-bond donors (Lipinski definition) is 2. The summed E-state index contributed by atoms with van der Waals surface area (Å²) in [5.74, 6) is 0.143. The minimum absolute atomic E-state index is 0.0722. The van der Waals surface area contributed by atoms with Gasteiger partial charge in [-0.05, 0) is 43.2 Å². The molecule has 35 heavy (non-hydrogen) atoms. The molecule has 2 atom stereocenters. The number of nitrogens with zero attached hydrogens (tertiary/aromatic N) is 2. The van der Waals surface area contributed by atoms with Gasteiger partial charge in [-0.1, -0.05) is 58.9 Å². The zero-order chi connectivity index (χ0) is 26.2. The molecule has 1 aromatic heterocycles. The molecule has 0 aliphatic carbocycles. The highest BCUT2D eigenvalue weighted by Crippen LogP contribution is 2.27. The number of rotatable bonds is 7. The third-order valence-corrected chi connectivity index (χ3v) is 7.32. The van der Waals surface area contributed by atoms with E-state index >= 15 is 0 Å². The van der Waals surface area contributed by atoms with Gasteiger partial charge in [-0.25, -0.2) is 4.98 Å². The molecule has 1 fully saturated rings. The van der Waals surface area contributed by atoms with E-state index in [4.69, 9.17) is 0 Å². The lowest BCUT2D eigenvalue weighted by Crippen LogP contribution is -2.43. The van der Waals surface area contributed by atoms with E-state index in [0.717, 1.165) is 36.1 Å². The number of carbonyl (C=O) groups excluding carboxylic acids is 3. The van der Waals surface area contributed by atoms with E-state index in [2.05, 4.69) is 48.5 Å². The van der Waals surface area contributed by atoms with Gasteiger partial charge in [0.25, 0.3) is 0 Å². The molecular weight excluding hydrogens is 460 g/mol. The van der Waals surface area contributed by atoms with Gasteiger partial charge in [-0.2, -0.15) is 0 Å². The Morgan fingerprint density at radius 3 is 2.37 bits per heavy atom. The van der Waals surface area contributed by atoms with Crippen molar-refractivity contribution in [2.24, 2.45) is 11.3 Å². The molecule has 0 radical (unpaired) electrons. The molecule has 1 aromatic carbocycles. The highest BCUT2D eigenvalue weighted by atomic mass is 32.1. The minimum Gasteiger partial charge on any atom is -0.353 e. The number of hydrogen-bond acceptors (Lipinski definition) is 5. The van der Waals surface area contributed by atoms with Crippen LogP contribution in [0.15, 0.2) is 29.8 Å². The molecule has 8 heteroatoms. The maximum absolute atomic E-state index is 12.2. The van der Waals surface area contributed by atoms with Crippen molar-refractivity contribution in [1.29, 1.82) is 0 Å². The van der Waals surface area contributed by atoms with Crippen LogP contribution in [0.4, 0.5) is 0 Å². The Hall–Kier alpha value is -2.74. The third kappa shape index (κ3) is 8.46. The van der Waals surface area contributed by atoms with Crippen LogP contribution < -0.4 is 10.6 Å². The lowest BCUT2D eigenvalue weighted by molar-refractivity contribution is -0.131. The van der Waals surface area contributed by atoms with E-state index in [-0.39, 0.29) is 35.2 Å². The van der Waals surface area contributed by atoms with Crippen LogP contribution in [0.25, 0.3) is 10.4 Å². The molecule has 0 saturated carbocycles. The number of thiazole rings is 1. The Morgan fingerprint density at radius 1 is 1.20 bits per heavy atom. The molecule has 0 bridgehead atoms. The van der Waals surface area contributed by atoms with E-state index < -0.39 is 0 Å². The average Bonchev–Trinajstić information content (AvgIpc) is 3.46. The quantitative estimate of drug-likeness (QED) is 0.546. The number of likely N-dealkylation sites (tertiary alicyclic amines) is 1. The number of carbonyl (C=O) groups is 3. The number of aryl methyl sites for hydroxylation is 1. The predicted molar refractivity (Wildman–Crippen MR) is 142 cm³/mol. The van der Waals surface area contributed by atoms with Crippen LogP contribution in [0.1, 0.15) is 65.6 Å². The monoisotopic (exact) mass is 500 g/mol. The summed E-state index contributed by atoms with van der Waals surface area (Å²) in [7, 11) is 0. The Balaban J connectivity index is 0.000000307. The van der Waals surface area contributed by atoms with Crippen molar-refractivity contribution in [3.8, 4) is 10.4 Å². The summed E-state index contributed by atoms with van der Waals surface area (Å²) in [6.45, 7) is 15.4. The normalized spacial score (nSPS) is 16.3. The summed E-state index contributed by atoms with van der Waals surface area (Å²) >= 11 is 1.63. The van der Waals surface area contributed by atoms with E-state index in [1.807, 2.05) is 45.3 Å².